The average Bonchev–Trinajstić information content (AvgIpc) is 2.79. The molecule has 182 valence electrons. The van der Waals surface area contributed by atoms with Gasteiger partial charge in [0, 0.05) is 31.6 Å². The lowest BCUT2D eigenvalue weighted by atomic mass is 9.75. The van der Waals surface area contributed by atoms with E-state index in [2.05, 4.69) is 0 Å². The minimum absolute atomic E-state index is 0.235. The van der Waals surface area contributed by atoms with Gasteiger partial charge in [-0.3, -0.25) is 19.2 Å². The minimum Gasteiger partial charge on any atom is -0.422 e. The van der Waals surface area contributed by atoms with Crippen molar-refractivity contribution in [3.63, 3.8) is 0 Å². The van der Waals surface area contributed by atoms with E-state index in [4.69, 9.17) is 18.9 Å². The highest BCUT2D eigenvalue weighted by molar-refractivity contribution is 6.03. The standard InChI is InChI=1S/C25H27FO8/c26-16-9-7-15(8-10-16)17(18-20(27)31-24(32-21(18)28)11-3-1-4-12-24)19-22(29)33-25(34-23(19)30)13-5-2-6-14-25/h7-10,17-19H,1-6,11-14H2. The highest BCUT2D eigenvalue weighted by Crippen LogP contribution is 2.46. The van der Waals surface area contributed by atoms with Crippen molar-refractivity contribution in [3.8, 4) is 0 Å². The Kier molecular flexibility index (Phi) is 5.81. The zero-order chi connectivity index (χ0) is 23.9. The summed E-state index contributed by atoms with van der Waals surface area (Å²) in [6.07, 6.45) is 6.46. The fraction of sp³-hybridized carbons (Fsp3) is 0.600. The Morgan fingerprint density at radius 1 is 0.618 bits per heavy atom. The van der Waals surface area contributed by atoms with Gasteiger partial charge in [0.2, 0.25) is 0 Å². The second-order valence-corrected chi connectivity index (χ2v) is 9.66. The van der Waals surface area contributed by atoms with Crippen LogP contribution >= 0.6 is 0 Å². The summed E-state index contributed by atoms with van der Waals surface area (Å²) in [5.74, 6) is -11.2. The van der Waals surface area contributed by atoms with Crippen molar-refractivity contribution < 1.29 is 42.5 Å². The maximum Gasteiger partial charge on any atom is 0.324 e. The fourth-order valence-corrected chi connectivity index (χ4v) is 5.66. The molecule has 1 aromatic carbocycles. The van der Waals surface area contributed by atoms with Crippen molar-refractivity contribution in [1.29, 1.82) is 0 Å². The zero-order valence-corrected chi connectivity index (χ0v) is 18.8. The maximum absolute atomic E-state index is 13.7. The summed E-state index contributed by atoms with van der Waals surface area (Å²) in [4.78, 5) is 52.8. The van der Waals surface area contributed by atoms with Crippen molar-refractivity contribution in [2.75, 3.05) is 0 Å². The van der Waals surface area contributed by atoms with Crippen LogP contribution in [-0.2, 0) is 38.1 Å². The van der Waals surface area contributed by atoms with E-state index in [0.717, 1.165) is 50.7 Å². The van der Waals surface area contributed by atoms with Crippen molar-refractivity contribution >= 4 is 23.9 Å². The quantitative estimate of drug-likeness (QED) is 0.483. The first kappa shape index (κ1) is 22.8. The predicted molar refractivity (Wildman–Crippen MR) is 112 cm³/mol. The van der Waals surface area contributed by atoms with Crippen LogP contribution in [0.3, 0.4) is 0 Å². The predicted octanol–water partition coefficient (Wildman–Crippen LogP) is 3.66. The first-order valence-corrected chi connectivity index (χ1v) is 12.0. The minimum atomic E-state index is -1.59. The SMILES string of the molecule is O=C1OC2(CCCCC2)OC(=O)C1C(c1ccc(F)cc1)C1C(=O)OC2(CCCCC2)OC1=O. The molecule has 0 aromatic heterocycles. The molecule has 4 fully saturated rings. The first-order valence-electron chi connectivity index (χ1n) is 12.0. The molecule has 34 heavy (non-hydrogen) atoms. The molecule has 2 saturated carbocycles. The summed E-state index contributed by atoms with van der Waals surface area (Å²) < 4.78 is 36.2. The molecule has 1 aromatic rings. The molecule has 2 aliphatic carbocycles. The van der Waals surface area contributed by atoms with Crippen LogP contribution < -0.4 is 0 Å². The number of esters is 4. The third-order valence-corrected chi connectivity index (χ3v) is 7.37. The van der Waals surface area contributed by atoms with Gasteiger partial charge in [-0.05, 0) is 43.4 Å². The van der Waals surface area contributed by atoms with E-state index in [0.29, 0.717) is 25.7 Å². The highest BCUT2D eigenvalue weighted by atomic mass is 19.1. The molecule has 2 spiro atoms. The summed E-state index contributed by atoms with van der Waals surface area (Å²) in [6, 6.07) is 4.92. The number of ether oxygens (including phenoxy) is 4. The molecule has 0 atom stereocenters. The Labute approximate surface area is 196 Å². The summed E-state index contributed by atoms with van der Waals surface area (Å²) in [5.41, 5.74) is 0.235. The van der Waals surface area contributed by atoms with E-state index in [1.807, 2.05) is 0 Å². The zero-order valence-electron chi connectivity index (χ0n) is 18.8. The molecule has 2 heterocycles. The summed E-state index contributed by atoms with van der Waals surface area (Å²) in [6.45, 7) is 0. The van der Waals surface area contributed by atoms with E-state index >= 15 is 0 Å². The molecule has 2 aliphatic heterocycles. The number of benzene rings is 1. The number of hydrogen-bond donors (Lipinski definition) is 0. The van der Waals surface area contributed by atoms with Gasteiger partial charge in [0.15, 0.2) is 11.8 Å². The summed E-state index contributed by atoms with van der Waals surface area (Å²) >= 11 is 0. The lowest BCUT2D eigenvalue weighted by Gasteiger charge is -2.45. The number of carbonyl (C=O) groups excluding carboxylic acids is 4. The third kappa shape index (κ3) is 4.05. The average molecular weight is 474 g/mol. The van der Waals surface area contributed by atoms with Gasteiger partial charge in [-0.15, -0.1) is 0 Å². The molecule has 4 aliphatic rings. The van der Waals surface area contributed by atoms with Gasteiger partial charge in [0.05, 0.1) is 0 Å². The van der Waals surface area contributed by atoms with Crippen LogP contribution in [0.4, 0.5) is 4.39 Å². The number of carbonyl (C=O) groups is 4. The molecule has 0 radical (unpaired) electrons. The van der Waals surface area contributed by atoms with Gasteiger partial charge in [-0.2, -0.15) is 0 Å². The maximum atomic E-state index is 13.7. The molecule has 5 rings (SSSR count). The van der Waals surface area contributed by atoms with Gasteiger partial charge < -0.3 is 18.9 Å². The summed E-state index contributed by atoms with van der Waals surface area (Å²) in [5, 5.41) is 0. The number of hydrogen-bond acceptors (Lipinski definition) is 8. The van der Waals surface area contributed by atoms with Crippen LogP contribution in [0.5, 0.6) is 0 Å². The monoisotopic (exact) mass is 474 g/mol. The second-order valence-electron chi connectivity index (χ2n) is 9.66. The molecule has 0 amide bonds. The lowest BCUT2D eigenvalue weighted by Crippen LogP contribution is -2.57. The highest BCUT2D eigenvalue weighted by Gasteiger charge is 2.59. The van der Waals surface area contributed by atoms with Crippen LogP contribution in [0.2, 0.25) is 0 Å². The first-order chi connectivity index (χ1) is 16.3. The van der Waals surface area contributed by atoms with Crippen molar-refractivity contribution in [2.24, 2.45) is 11.8 Å². The van der Waals surface area contributed by atoms with Gasteiger partial charge in [-0.25, -0.2) is 4.39 Å². The van der Waals surface area contributed by atoms with Crippen molar-refractivity contribution in [1.82, 2.24) is 0 Å². The van der Waals surface area contributed by atoms with E-state index in [1.165, 1.54) is 12.1 Å². The molecular formula is C25H27FO8. The van der Waals surface area contributed by atoms with Crippen LogP contribution in [0.15, 0.2) is 24.3 Å². The van der Waals surface area contributed by atoms with Gasteiger partial charge >= 0.3 is 23.9 Å². The molecule has 0 bridgehead atoms. The van der Waals surface area contributed by atoms with E-state index in [9.17, 15) is 23.6 Å². The second kappa shape index (κ2) is 8.67. The normalized spacial score (nSPS) is 27.5. The fourth-order valence-electron chi connectivity index (χ4n) is 5.66. The Morgan fingerprint density at radius 3 is 1.32 bits per heavy atom. The van der Waals surface area contributed by atoms with Gasteiger partial charge in [0.1, 0.15) is 5.82 Å². The summed E-state index contributed by atoms with van der Waals surface area (Å²) in [7, 11) is 0. The van der Waals surface area contributed by atoms with Gasteiger partial charge in [0.25, 0.3) is 11.6 Å². The lowest BCUT2D eigenvalue weighted by molar-refractivity contribution is -0.268. The molecular weight excluding hydrogens is 447 g/mol. The van der Waals surface area contributed by atoms with E-state index in [1.54, 1.807) is 0 Å². The Morgan fingerprint density at radius 2 is 0.971 bits per heavy atom. The van der Waals surface area contributed by atoms with E-state index < -0.39 is 59.0 Å². The van der Waals surface area contributed by atoms with Crippen molar-refractivity contribution in [2.45, 2.75) is 81.7 Å². The van der Waals surface area contributed by atoms with Crippen LogP contribution in [-0.4, -0.2) is 35.5 Å². The number of rotatable bonds is 3. The molecule has 8 nitrogen and oxygen atoms in total. The Balaban J connectivity index is 1.49. The Bertz CT molecular complexity index is 893. The van der Waals surface area contributed by atoms with Crippen LogP contribution in [0, 0.1) is 17.7 Å². The van der Waals surface area contributed by atoms with E-state index in [-0.39, 0.29) is 5.56 Å². The molecule has 0 N–H and O–H groups in total. The van der Waals surface area contributed by atoms with Gasteiger partial charge in [-0.1, -0.05) is 25.0 Å². The largest absolute Gasteiger partial charge is 0.422 e. The topological polar surface area (TPSA) is 105 Å². The van der Waals surface area contributed by atoms with Crippen molar-refractivity contribution in [3.05, 3.63) is 35.6 Å². The number of halogens is 1. The van der Waals surface area contributed by atoms with Crippen LogP contribution in [0.25, 0.3) is 0 Å². The smallest absolute Gasteiger partial charge is 0.324 e. The van der Waals surface area contributed by atoms with Crippen LogP contribution in [0.1, 0.15) is 75.7 Å². The molecule has 0 unspecified atom stereocenters. The molecule has 9 heteroatoms. The Hall–Kier alpha value is -2.97. The molecule has 2 saturated heterocycles. The third-order valence-electron chi connectivity index (χ3n) is 7.37.